The molecule has 52 heavy (non-hydrogen) atoms. The molecule has 4 aliphatic carbocycles. The van der Waals surface area contributed by atoms with Gasteiger partial charge in [0.2, 0.25) is 0 Å². The van der Waals surface area contributed by atoms with Gasteiger partial charge < -0.3 is 19.7 Å². The van der Waals surface area contributed by atoms with Gasteiger partial charge in [0.25, 0.3) is 0 Å². The highest BCUT2D eigenvalue weighted by Gasteiger charge is 2.59. The number of carboxylic acids is 2. The second-order valence-electron chi connectivity index (χ2n) is 15.3. The maximum Gasteiger partial charge on any atom is 0.335 e. The fourth-order valence-corrected chi connectivity index (χ4v) is 10.5. The number of carbonyl (C=O) groups is 2. The van der Waals surface area contributed by atoms with Gasteiger partial charge in [-0.05, 0) is 160 Å². The van der Waals surface area contributed by atoms with Crippen molar-refractivity contribution < 1.29 is 29.3 Å². The van der Waals surface area contributed by atoms with Gasteiger partial charge in [0.15, 0.2) is 0 Å². The molecule has 0 radical (unpaired) electrons. The van der Waals surface area contributed by atoms with Crippen LogP contribution in [-0.2, 0) is 5.41 Å². The van der Waals surface area contributed by atoms with Crippen LogP contribution in [0.1, 0.15) is 69.9 Å². The molecule has 4 aliphatic rings. The SMILES string of the molecule is COc1ccc(-c2ccc3cc(C(=O)O)ccc3c2)cc1C1C2CC3CC(C2)CC1(c1cc(-c2ccc4cc(C(=O)O)ccc4c2)ccc1OC)C3. The van der Waals surface area contributed by atoms with E-state index in [1.807, 2.05) is 24.3 Å². The van der Waals surface area contributed by atoms with Crippen molar-refractivity contribution in [2.24, 2.45) is 17.8 Å². The number of carboxylic acid groups (broad SMARTS) is 2. The van der Waals surface area contributed by atoms with E-state index in [0.717, 1.165) is 68.1 Å². The Labute approximate surface area is 302 Å². The van der Waals surface area contributed by atoms with Crippen LogP contribution in [0.4, 0.5) is 0 Å². The van der Waals surface area contributed by atoms with Crippen LogP contribution in [0.15, 0.2) is 109 Å². The molecule has 3 unspecified atom stereocenters. The van der Waals surface area contributed by atoms with Gasteiger partial charge >= 0.3 is 11.9 Å². The summed E-state index contributed by atoms with van der Waals surface area (Å²) in [5.74, 6) is 2.11. The highest BCUT2D eigenvalue weighted by atomic mass is 16.5. The third-order valence-corrected chi connectivity index (χ3v) is 12.5. The maximum absolute atomic E-state index is 11.6. The molecule has 4 bridgehead atoms. The number of fused-ring (bicyclic) bond motifs is 2. The lowest BCUT2D eigenvalue weighted by Gasteiger charge is -2.62. The lowest BCUT2D eigenvalue weighted by Crippen LogP contribution is -2.54. The summed E-state index contributed by atoms with van der Waals surface area (Å²) in [6.07, 6.45) is 5.96. The zero-order valence-electron chi connectivity index (χ0n) is 29.3. The average Bonchev–Trinajstić information content (AvgIpc) is 3.16. The van der Waals surface area contributed by atoms with Crippen LogP contribution < -0.4 is 9.47 Å². The highest BCUT2D eigenvalue weighted by Crippen LogP contribution is 2.68. The first-order valence-electron chi connectivity index (χ1n) is 18.1. The molecule has 6 aromatic carbocycles. The van der Waals surface area contributed by atoms with E-state index in [2.05, 4.69) is 60.7 Å². The monoisotopic (exact) mass is 688 g/mol. The molecular formula is C46H40O6. The van der Waals surface area contributed by atoms with Gasteiger partial charge in [0, 0.05) is 16.9 Å². The van der Waals surface area contributed by atoms with Crippen LogP contribution in [-0.4, -0.2) is 36.4 Å². The van der Waals surface area contributed by atoms with Crippen molar-refractivity contribution in [3.63, 3.8) is 0 Å². The number of benzene rings is 6. The molecule has 0 heterocycles. The molecule has 2 N–H and O–H groups in total. The minimum Gasteiger partial charge on any atom is -0.496 e. The van der Waals surface area contributed by atoms with Gasteiger partial charge in [0.05, 0.1) is 25.3 Å². The molecule has 3 atom stereocenters. The largest absolute Gasteiger partial charge is 0.496 e. The molecule has 4 saturated carbocycles. The molecule has 4 fully saturated rings. The number of aromatic carboxylic acids is 2. The van der Waals surface area contributed by atoms with E-state index in [0.29, 0.717) is 17.8 Å². The standard InChI is InChI=1S/C46H40O6/c1-51-41-13-11-34(30-3-5-32-20-36(44(47)48)9-7-28(32)18-30)22-39(41)43-38-16-26-15-27(17-38)25-46(43,24-26)40-23-35(12-14-42(40)52-2)31-4-6-33-21-37(45(49)50)10-8-29(33)19-31/h3-14,18-23,26-27,38,43H,15-17,24-25H2,1-2H3,(H,47,48)(H,49,50). The summed E-state index contributed by atoms with van der Waals surface area (Å²) in [7, 11) is 3.56. The predicted molar refractivity (Wildman–Crippen MR) is 204 cm³/mol. The number of hydrogen-bond donors (Lipinski definition) is 2. The van der Waals surface area contributed by atoms with Crippen LogP contribution >= 0.6 is 0 Å². The summed E-state index contributed by atoms with van der Waals surface area (Å²) >= 11 is 0. The minimum atomic E-state index is -0.925. The zero-order chi connectivity index (χ0) is 35.7. The number of hydrogen-bond acceptors (Lipinski definition) is 4. The van der Waals surface area contributed by atoms with Crippen molar-refractivity contribution in [2.45, 2.75) is 43.4 Å². The molecule has 0 aliphatic heterocycles. The van der Waals surface area contributed by atoms with Crippen LogP contribution in [0, 0.1) is 17.8 Å². The van der Waals surface area contributed by atoms with E-state index in [4.69, 9.17) is 9.47 Å². The molecule has 10 rings (SSSR count). The first kappa shape index (κ1) is 32.3. The summed E-state index contributed by atoms with van der Waals surface area (Å²) in [6, 6.07) is 36.4. The van der Waals surface area contributed by atoms with E-state index in [1.54, 1.807) is 38.5 Å². The van der Waals surface area contributed by atoms with E-state index in [9.17, 15) is 19.8 Å². The van der Waals surface area contributed by atoms with Gasteiger partial charge in [-0.3, -0.25) is 0 Å². The third kappa shape index (κ3) is 5.23. The Morgan fingerprint density at radius 2 is 1.02 bits per heavy atom. The van der Waals surface area contributed by atoms with Gasteiger partial charge in [0.1, 0.15) is 11.5 Å². The number of ether oxygens (including phenoxy) is 2. The molecule has 0 saturated heterocycles. The molecule has 6 heteroatoms. The Kier molecular flexibility index (Phi) is 7.62. The summed E-state index contributed by atoms with van der Waals surface area (Å²) < 4.78 is 12.4. The van der Waals surface area contributed by atoms with Crippen LogP contribution in [0.2, 0.25) is 0 Å². The second kappa shape index (κ2) is 12.3. The van der Waals surface area contributed by atoms with Crippen molar-refractivity contribution in [2.75, 3.05) is 14.2 Å². The quantitative estimate of drug-likeness (QED) is 0.165. The summed E-state index contributed by atoms with van der Waals surface area (Å²) in [4.78, 5) is 23.2. The van der Waals surface area contributed by atoms with E-state index < -0.39 is 11.9 Å². The van der Waals surface area contributed by atoms with Crippen LogP contribution in [0.5, 0.6) is 11.5 Å². The maximum atomic E-state index is 11.6. The van der Waals surface area contributed by atoms with Crippen molar-refractivity contribution in [3.05, 3.63) is 131 Å². The van der Waals surface area contributed by atoms with Gasteiger partial charge in [-0.1, -0.05) is 48.5 Å². The zero-order valence-corrected chi connectivity index (χ0v) is 29.3. The topological polar surface area (TPSA) is 93.1 Å². The lowest BCUT2D eigenvalue weighted by molar-refractivity contribution is -0.0295. The Bertz CT molecular complexity index is 2410. The third-order valence-electron chi connectivity index (χ3n) is 12.5. The van der Waals surface area contributed by atoms with Crippen molar-refractivity contribution in [3.8, 4) is 33.8 Å². The molecule has 260 valence electrons. The number of rotatable bonds is 8. The molecule has 6 nitrogen and oxygen atoms in total. The molecule has 0 aromatic heterocycles. The van der Waals surface area contributed by atoms with Crippen molar-refractivity contribution in [1.82, 2.24) is 0 Å². The average molecular weight is 689 g/mol. The normalized spacial score (nSPS) is 23.2. The molecule has 0 spiro atoms. The van der Waals surface area contributed by atoms with Crippen molar-refractivity contribution in [1.29, 1.82) is 0 Å². The highest BCUT2D eigenvalue weighted by molar-refractivity contribution is 5.97. The Hall–Kier alpha value is -5.62. The fraction of sp³-hybridized carbons (Fsp3) is 0.261. The van der Waals surface area contributed by atoms with Crippen molar-refractivity contribution >= 4 is 33.5 Å². The lowest BCUT2D eigenvalue weighted by atomic mass is 9.42. The minimum absolute atomic E-state index is 0.133. The predicted octanol–water partition coefficient (Wildman–Crippen LogP) is 10.6. The number of methoxy groups -OCH3 is 2. The van der Waals surface area contributed by atoms with Gasteiger partial charge in [-0.2, -0.15) is 0 Å². The Morgan fingerprint density at radius 1 is 0.558 bits per heavy atom. The molecular weight excluding hydrogens is 649 g/mol. The second-order valence-corrected chi connectivity index (χ2v) is 15.3. The van der Waals surface area contributed by atoms with Gasteiger partial charge in [-0.25, -0.2) is 9.59 Å². The van der Waals surface area contributed by atoms with Gasteiger partial charge in [-0.15, -0.1) is 0 Å². The van der Waals surface area contributed by atoms with Crippen LogP contribution in [0.3, 0.4) is 0 Å². The van der Waals surface area contributed by atoms with E-state index in [-0.39, 0.29) is 22.5 Å². The molecule has 6 aromatic rings. The van der Waals surface area contributed by atoms with Crippen LogP contribution in [0.25, 0.3) is 43.8 Å². The molecule has 0 amide bonds. The summed E-state index contributed by atoms with van der Waals surface area (Å²) in [6.45, 7) is 0. The summed E-state index contributed by atoms with van der Waals surface area (Å²) in [5, 5.41) is 22.8. The van der Waals surface area contributed by atoms with E-state index >= 15 is 0 Å². The Balaban J connectivity index is 1.17. The first-order valence-corrected chi connectivity index (χ1v) is 18.1. The summed E-state index contributed by atoms with van der Waals surface area (Å²) in [5.41, 5.74) is 7.37. The Morgan fingerprint density at radius 3 is 1.56 bits per heavy atom. The fourth-order valence-electron chi connectivity index (χ4n) is 10.5. The smallest absolute Gasteiger partial charge is 0.335 e. The van der Waals surface area contributed by atoms with E-state index in [1.165, 1.54) is 30.4 Å². The first-order chi connectivity index (χ1) is 25.2.